The molecule has 5 heteroatoms. The second-order valence-corrected chi connectivity index (χ2v) is 7.40. The van der Waals surface area contributed by atoms with Crippen LogP contribution in [0.25, 0.3) is 0 Å². The number of ether oxygens (including phenoxy) is 1. The number of anilines is 1. The highest BCUT2D eigenvalue weighted by Crippen LogP contribution is 2.41. The third-order valence-corrected chi connectivity index (χ3v) is 5.76. The smallest absolute Gasteiger partial charge is 0.227 e. The monoisotopic (exact) mass is 364 g/mol. The zero-order chi connectivity index (χ0) is 18.9. The Labute approximate surface area is 159 Å². The van der Waals surface area contributed by atoms with Crippen LogP contribution in [-0.4, -0.2) is 25.5 Å². The molecule has 0 bridgehead atoms. The Kier molecular flexibility index (Phi) is 4.60. The molecule has 1 N–H and O–H groups in total. The second-order valence-electron chi connectivity index (χ2n) is 7.40. The maximum absolute atomic E-state index is 13.0. The molecular formula is C22H24N2O3. The summed E-state index contributed by atoms with van der Waals surface area (Å²) in [5, 5.41) is 3.26. The van der Waals surface area contributed by atoms with Gasteiger partial charge in [-0.3, -0.25) is 9.59 Å². The van der Waals surface area contributed by atoms with E-state index in [-0.39, 0.29) is 29.7 Å². The van der Waals surface area contributed by atoms with Gasteiger partial charge in [-0.05, 0) is 37.0 Å². The number of hydrogen-bond donors (Lipinski definition) is 1. The lowest BCUT2D eigenvalue weighted by atomic mass is 9.71. The highest BCUT2D eigenvalue weighted by atomic mass is 16.5. The molecule has 2 aliphatic rings. The normalized spacial score (nSPS) is 20.9. The minimum atomic E-state index is -0.329. The van der Waals surface area contributed by atoms with Crippen LogP contribution >= 0.6 is 0 Å². The summed E-state index contributed by atoms with van der Waals surface area (Å²) in [6, 6.07) is 17.5. The number of methoxy groups -OCH3 is 1. The van der Waals surface area contributed by atoms with Gasteiger partial charge in [0.15, 0.2) is 0 Å². The van der Waals surface area contributed by atoms with Crippen molar-refractivity contribution in [3.63, 3.8) is 0 Å². The van der Waals surface area contributed by atoms with E-state index in [0.29, 0.717) is 12.3 Å². The van der Waals surface area contributed by atoms with Gasteiger partial charge in [0.25, 0.3) is 0 Å². The largest absolute Gasteiger partial charge is 0.497 e. The first-order valence-corrected chi connectivity index (χ1v) is 9.43. The Hall–Kier alpha value is -2.82. The van der Waals surface area contributed by atoms with E-state index in [9.17, 15) is 9.59 Å². The third-order valence-electron chi connectivity index (χ3n) is 5.76. The summed E-state index contributed by atoms with van der Waals surface area (Å²) < 4.78 is 5.24. The van der Waals surface area contributed by atoms with Gasteiger partial charge in [-0.15, -0.1) is 0 Å². The van der Waals surface area contributed by atoms with Crippen molar-refractivity contribution in [2.75, 3.05) is 18.6 Å². The van der Waals surface area contributed by atoms with Gasteiger partial charge in [-0.25, -0.2) is 0 Å². The Balaban J connectivity index is 1.48. The second kappa shape index (κ2) is 7.06. The number of carbonyl (C=O) groups excluding carboxylic acids is 2. The van der Waals surface area contributed by atoms with Crippen LogP contribution < -0.4 is 15.0 Å². The van der Waals surface area contributed by atoms with E-state index in [1.807, 2.05) is 42.5 Å². The summed E-state index contributed by atoms with van der Waals surface area (Å²) in [6.07, 6.45) is 3.24. The Morgan fingerprint density at radius 2 is 1.93 bits per heavy atom. The Morgan fingerprint density at radius 1 is 1.15 bits per heavy atom. The van der Waals surface area contributed by atoms with Crippen molar-refractivity contribution in [3.8, 4) is 5.75 Å². The van der Waals surface area contributed by atoms with Crippen LogP contribution in [0.2, 0.25) is 0 Å². The lowest BCUT2D eigenvalue weighted by Gasteiger charge is -2.43. The summed E-state index contributed by atoms with van der Waals surface area (Å²) in [5.74, 6) is 0.318. The fourth-order valence-corrected chi connectivity index (χ4v) is 4.02. The minimum absolute atomic E-state index is 0.0224. The molecule has 0 unspecified atom stereocenters. The maximum Gasteiger partial charge on any atom is 0.227 e. The number of benzene rings is 2. The molecule has 1 aliphatic heterocycles. The van der Waals surface area contributed by atoms with Crippen molar-refractivity contribution in [2.45, 2.75) is 31.2 Å². The van der Waals surface area contributed by atoms with Crippen LogP contribution in [0.1, 0.15) is 31.2 Å². The zero-order valence-electron chi connectivity index (χ0n) is 15.5. The van der Waals surface area contributed by atoms with Crippen LogP contribution in [0.5, 0.6) is 5.75 Å². The number of nitrogens with one attached hydrogen (secondary N) is 1. The average molecular weight is 364 g/mol. The highest BCUT2D eigenvalue weighted by Gasteiger charge is 2.43. The molecule has 5 nitrogen and oxygen atoms in total. The van der Waals surface area contributed by atoms with E-state index in [1.165, 1.54) is 0 Å². The van der Waals surface area contributed by atoms with Crippen LogP contribution in [0.4, 0.5) is 5.69 Å². The lowest BCUT2D eigenvalue weighted by molar-refractivity contribution is -0.129. The van der Waals surface area contributed by atoms with E-state index in [2.05, 4.69) is 17.4 Å². The number of nitrogens with zero attached hydrogens (tertiary/aromatic N) is 1. The van der Waals surface area contributed by atoms with Crippen molar-refractivity contribution in [1.82, 2.24) is 5.32 Å². The molecule has 27 heavy (non-hydrogen) atoms. The third kappa shape index (κ3) is 3.29. The highest BCUT2D eigenvalue weighted by molar-refractivity contribution is 6.00. The first-order chi connectivity index (χ1) is 13.1. The predicted molar refractivity (Wildman–Crippen MR) is 104 cm³/mol. The molecule has 2 aromatic rings. The number of rotatable bonds is 5. The van der Waals surface area contributed by atoms with Gasteiger partial charge in [-0.2, -0.15) is 0 Å². The SMILES string of the molecule is COc1cccc(N2C[C@H](C(=O)NC3(c4ccccc4)CCC3)CC2=O)c1. The van der Waals surface area contributed by atoms with E-state index in [1.54, 1.807) is 12.0 Å². The summed E-state index contributed by atoms with van der Waals surface area (Å²) in [6.45, 7) is 0.405. The van der Waals surface area contributed by atoms with E-state index in [0.717, 1.165) is 30.5 Å². The van der Waals surface area contributed by atoms with Crippen molar-refractivity contribution >= 4 is 17.5 Å². The number of hydrogen-bond acceptors (Lipinski definition) is 3. The van der Waals surface area contributed by atoms with Gasteiger partial charge >= 0.3 is 0 Å². The maximum atomic E-state index is 13.0. The molecule has 2 fully saturated rings. The van der Waals surface area contributed by atoms with Gasteiger partial charge < -0.3 is 15.0 Å². The summed E-state index contributed by atoms with van der Waals surface area (Å²) in [5.41, 5.74) is 1.65. The summed E-state index contributed by atoms with van der Waals surface area (Å²) >= 11 is 0. The Morgan fingerprint density at radius 3 is 2.59 bits per heavy atom. The Bertz CT molecular complexity index is 846. The van der Waals surface area contributed by atoms with Crippen LogP contribution in [0.3, 0.4) is 0 Å². The van der Waals surface area contributed by atoms with Gasteiger partial charge in [-0.1, -0.05) is 36.4 Å². The van der Waals surface area contributed by atoms with Crippen molar-refractivity contribution < 1.29 is 14.3 Å². The predicted octanol–water partition coefficient (Wildman–Crippen LogP) is 3.24. The standard InChI is InChI=1S/C22H24N2O3/c1-27-19-10-5-9-18(14-19)24-15-16(13-20(24)25)21(26)23-22(11-6-12-22)17-7-3-2-4-8-17/h2-5,7-10,14,16H,6,11-13,15H2,1H3,(H,23,26)/t16-/m1/s1. The van der Waals surface area contributed by atoms with E-state index >= 15 is 0 Å². The molecule has 4 rings (SSSR count). The van der Waals surface area contributed by atoms with Gasteiger partial charge in [0, 0.05) is 24.7 Å². The summed E-state index contributed by atoms with van der Waals surface area (Å²) in [7, 11) is 1.60. The molecule has 1 heterocycles. The molecule has 1 saturated heterocycles. The summed E-state index contributed by atoms with van der Waals surface area (Å²) in [4.78, 5) is 27.2. The molecule has 0 spiro atoms. The molecule has 0 radical (unpaired) electrons. The molecule has 2 aromatic carbocycles. The molecule has 140 valence electrons. The van der Waals surface area contributed by atoms with Crippen molar-refractivity contribution in [1.29, 1.82) is 0 Å². The number of amides is 2. The molecule has 2 amide bonds. The van der Waals surface area contributed by atoms with Gasteiger partial charge in [0.05, 0.1) is 18.6 Å². The lowest BCUT2D eigenvalue weighted by Crippen LogP contribution is -2.52. The molecule has 1 saturated carbocycles. The van der Waals surface area contributed by atoms with Crippen molar-refractivity contribution in [2.24, 2.45) is 5.92 Å². The first kappa shape index (κ1) is 17.6. The zero-order valence-corrected chi connectivity index (χ0v) is 15.5. The van der Waals surface area contributed by atoms with Crippen LogP contribution in [0, 0.1) is 5.92 Å². The van der Waals surface area contributed by atoms with Crippen LogP contribution in [-0.2, 0) is 15.1 Å². The average Bonchev–Trinajstić information content (AvgIpc) is 3.07. The topological polar surface area (TPSA) is 58.6 Å². The fourth-order valence-electron chi connectivity index (χ4n) is 4.02. The molecule has 1 aliphatic carbocycles. The quantitative estimate of drug-likeness (QED) is 0.886. The van der Waals surface area contributed by atoms with Gasteiger partial charge in [0.2, 0.25) is 11.8 Å². The van der Waals surface area contributed by atoms with Crippen molar-refractivity contribution in [3.05, 3.63) is 60.2 Å². The number of carbonyl (C=O) groups is 2. The molecular weight excluding hydrogens is 340 g/mol. The first-order valence-electron chi connectivity index (χ1n) is 9.43. The molecule has 1 atom stereocenters. The fraction of sp³-hybridized carbons (Fsp3) is 0.364. The van der Waals surface area contributed by atoms with E-state index in [4.69, 9.17) is 4.74 Å². The molecule has 0 aromatic heterocycles. The van der Waals surface area contributed by atoms with Crippen LogP contribution in [0.15, 0.2) is 54.6 Å². The van der Waals surface area contributed by atoms with Gasteiger partial charge in [0.1, 0.15) is 5.75 Å². The van der Waals surface area contributed by atoms with E-state index < -0.39 is 0 Å². The minimum Gasteiger partial charge on any atom is -0.497 e.